The van der Waals surface area contributed by atoms with Crippen molar-refractivity contribution in [1.82, 2.24) is 0 Å². The fourth-order valence-corrected chi connectivity index (χ4v) is 2.76. The third-order valence-electron chi connectivity index (χ3n) is 2.16. The summed E-state index contributed by atoms with van der Waals surface area (Å²) in [6.45, 7) is 0. The van der Waals surface area contributed by atoms with Gasteiger partial charge in [-0.2, -0.15) is 8.42 Å². The van der Waals surface area contributed by atoms with Gasteiger partial charge in [-0.15, -0.1) is 0 Å². The molecule has 0 heterocycles. The molecule has 6 nitrogen and oxygen atoms in total. The number of carbonyl (C=O) groups is 1. The van der Waals surface area contributed by atoms with Crippen LogP contribution in [-0.2, 0) is 14.9 Å². The first kappa shape index (κ1) is 12.2. The van der Waals surface area contributed by atoms with Crippen molar-refractivity contribution in [2.75, 3.05) is 0 Å². The first-order valence-electron chi connectivity index (χ1n) is 3.84. The van der Waals surface area contributed by atoms with E-state index in [-0.39, 0.29) is 12.1 Å². The second-order valence-electron chi connectivity index (χ2n) is 3.14. The molecule has 1 aliphatic carbocycles. The van der Waals surface area contributed by atoms with Gasteiger partial charge in [0.05, 0.1) is 0 Å². The zero-order valence-electron chi connectivity index (χ0n) is 7.40. The van der Waals surface area contributed by atoms with Gasteiger partial charge in [-0.3, -0.25) is 4.55 Å². The standard InChI is InChI=1S/C7H8ClNO5S/c8-5-2-1-4(9)3-7(5,6(10)11)15(12,13)14/h2,9H,1,3H2,(H,10,11)(H,12,13,14). The van der Waals surface area contributed by atoms with Crippen molar-refractivity contribution in [2.45, 2.75) is 17.6 Å². The molecule has 0 amide bonds. The average Bonchev–Trinajstić information content (AvgIpc) is 2.06. The van der Waals surface area contributed by atoms with E-state index < -0.39 is 32.3 Å². The highest BCUT2D eigenvalue weighted by atomic mass is 35.5. The van der Waals surface area contributed by atoms with Gasteiger partial charge in [-0.05, 0) is 0 Å². The molecule has 0 aliphatic heterocycles. The Balaban J connectivity index is 3.48. The number of hydrogen-bond acceptors (Lipinski definition) is 4. The third kappa shape index (κ3) is 1.77. The first-order valence-corrected chi connectivity index (χ1v) is 5.66. The van der Waals surface area contributed by atoms with Crippen LogP contribution in [-0.4, -0.2) is 34.5 Å². The lowest BCUT2D eigenvalue weighted by atomic mass is 9.93. The highest BCUT2D eigenvalue weighted by molar-refractivity contribution is 7.88. The Morgan fingerprint density at radius 1 is 1.60 bits per heavy atom. The topological polar surface area (TPSA) is 116 Å². The summed E-state index contributed by atoms with van der Waals surface area (Å²) in [4.78, 5) is 10.9. The molecule has 0 aromatic carbocycles. The van der Waals surface area contributed by atoms with Gasteiger partial charge < -0.3 is 10.5 Å². The van der Waals surface area contributed by atoms with Gasteiger partial charge in [0.1, 0.15) is 0 Å². The van der Waals surface area contributed by atoms with Crippen LogP contribution in [0.3, 0.4) is 0 Å². The monoisotopic (exact) mass is 253 g/mol. The maximum Gasteiger partial charge on any atom is 0.333 e. The number of carboxylic acids is 1. The largest absolute Gasteiger partial charge is 0.480 e. The van der Waals surface area contributed by atoms with Crippen molar-refractivity contribution >= 4 is 33.4 Å². The summed E-state index contributed by atoms with van der Waals surface area (Å²) in [5, 5.41) is 15.6. The van der Waals surface area contributed by atoms with E-state index in [1.165, 1.54) is 0 Å². The van der Waals surface area contributed by atoms with Gasteiger partial charge in [-0.1, -0.05) is 17.7 Å². The van der Waals surface area contributed by atoms with E-state index in [2.05, 4.69) is 0 Å². The molecular weight excluding hydrogens is 246 g/mol. The number of aliphatic carboxylic acids is 1. The number of allylic oxidation sites excluding steroid dienone is 1. The lowest BCUT2D eigenvalue weighted by Crippen LogP contribution is -2.49. The lowest BCUT2D eigenvalue weighted by Gasteiger charge is -2.28. The number of carboxylic acid groups (broad SMARTS) is 1. The molecule has 84 valence electrons. The predicted molar refractivity (Wildman–Crippen MR) is 52.8 cm³/mol. The van der Waals surface area contributed by atoms with Gasteiger partial charge in [-0.25, -0.2) is 4.79 Å². The summed E-state index contributed by atoms with van der Waals surface area (Å²) in [6, 6.07) is 0. The maximum atomic E-state index is 11.1. The Bertz CT molecular complexity index is 454. The third-order valence-corrected chi connectivity index (χ3v) is 4.17. The van der Waals surface area contributed by atoms with E-state index in [1.54, 1.807) is 0 Å². The van der Waals surface area contributed by atoms with Gasteiger partial charge in [0.25, 0.3) is 10.1 Å². The highest BCUT2D eigenvalue weighted by Crippen LogP contribution is 2.37. The summed E-state index contributed by atoms with van der Waals surface area (Å²) >= 11 is 5.53. The lowest BCUT2D eigenvalue weighted by molar-refractivity contribution is -0.138. The summed E-state index contributed by atoms with van der Waals surface area (Å²) in [5.74, 6) is -1.78. The van der Waals surface area contributed by atoms with E-state index in [4.69, 9.17) is 26.7 Å². The second-order valence-corrected chi connectivity index (χ2v) is 5.20. The van der Waals surface area contributed by atoms with Crippen LogP contribution >= 0.6 is 11.6 Å². The Morgan fingerprint density at radius 2 is 2.13 bits per heavy atom. The summed E-state index contributed by atoms with van der Waals surface area (Å²) in [7, 11) is -4.91. The SMILES string of the molecule is N=C1CC=C(Cl)C(C(=O)O)(S(=O)(=O)O)C1. The van der Waals surface area contributed by atoms with E-state index >= 15 is 0 Å². The molecule has 0 saturated carbocycles. The predicted octanol–water partition coefficient (Wildman–Crippen LogP) is 0.634. The van der Waals surface area contributed by atoms with Crippen LogP contribution in [0.25, 0.3) is 0 Å². The average molecular weight is 254 g/mol. The highest BCUT2D eigenvalue weighted by Gasteiger charge is 2.55. The number of rotatable bonds is 2. The summed E-state index contributed by atoms with van der Waals surface area (Å²) in [5.41, 5.74) is -0.112. The molecule has 0 aromatic heterocycles. The number of nitrogens with one attached hydrogen (secondary N) is 1. The molecule has 0 aromatic rings. The molecule has 0 bridgehead atoms. The molecule has 0 fully saturated rings. The molecule has 15 heavy (non-hydrogen) atoms. The summed E-state index contributed by atoms with van der Waals surface area (Å²) < 4.78 is 28.4. The minimum atomic E-state index is -4.91. The fraction of sp³-hybridized carbons (Fsp3) is 0.429. The van der Waals surface area contributed by atoms with Crippen molar-refractivity contribution < 1.29 is 22.9 Å². The van der Waals surface area contributed by atoms with Crippen LogP contribution in [0.5, 0.6) is 0 Å². The number of halogens is 1. The Morgan fingerprint density at radius 3 is 2.47 bits per heavy atom. The van der Waals surface area contributed by atoms with E-state index in [9.17, 15) is 13.2 Å². The smallest absolute Gasteiger partial charge is 0.333 e. The molecule has 0 saturated heterocycles. The van der Waals surface area contributed by atoms with E-state index in [0.717, 1.165) is 6.08 Å². The molecular formula is C7H8ClNO5S. The van der Waals surface area contributed by atoms with Gasteiger partial charge >= 0.3 is 5.97 Å². The number of hydrogen-bond donors (Lipinski definition) is 3. The van der Waals surface area contributed by atoms with Crippen molar-refractivity contribution in [3.05, 3.63) is 11.1 Å². The minimum Gasteiger partial charge on any atom is -0.480 e. The van der Waals surface area contributed by atoms with Crippen LogP contribution in [0.1, 0.15) is 12.8 Å². The summed E-state index contributed by atoms with van der Waals surface area (Å²) in [6.07, 6.45) is 0.565. The molecule has 1 aliphatic rings. The first-order chi connectivity index (χ1) is 6.72. The van der Waals surface area contributed by atoms with Gasteiger partial charge in [0, 0.05) is 23.6 Å². The van der Waals surface area contributed by atoms with Gasteiger partial charge in [0.15, 0.2) is 0 Å². The van der Waals surface area contributed by atoms with Gasteiger partial charge in [0.2, 0.25) is 4.75 Å². The second kappa shape index (κ2) is 3.58. The fourth-order valence-electron chi connectivity index (χ4n) is 1.34. The Hall–Kier alpha value is -0.920. The molecule has 1 unspecified atom stereocenters. The molecule has 3 N–H and O–H groups in total. The van der Waals surface area contributed by atoms with Crippen LogP contribution in [0.4, 0.5) is 0 Å². The van der Waals surface area contributed by atoms with E-state index in [1.807, 2.05) is 0 Å². The van der Waals surface area contributed by atoms with Crippen molar-refractivity contribution in [3.63, 3.8) is 0 Å². The molecule has 0 radical (unpaired) electrons. The molecule has 0 spiro atoms. The normalized spacial score (nSPS) is 27.3. The van der Waals surface area contributed by atoms with Crippen LogP contribution in [0, 0.1) is 5.41 Å². The van der Waals surface area contributed by atoms with Crippen molar-refractivity contribution in [3.8, 4) is 0 Å². The maximum absolute atomic E-state index is 11.1. The van der Waals surface area contributed by atoms with Crippen molar-refractivity contribution in [2.24, 2.45) is 0 Å². The Kier molecular flexibility index (Phi) is 2.90. The molecule has 8 heteroatoms. The van der Waals surface area contributed by atoms with Crippen LogP contribution < -0.4 is 0 Å². The zero-order chi connectivity index (χ0) is 11.9. The van der Waals surface area contributed by atoms with Crippen molar-refractivity contribution in [1.29, 1.82) is 5.41 Å². The Labute approximate surface area is 90.8 Å². The molecule has 1 rings (SSSR count). The minimum absolute atomic E-state index is 0.0867. The quantitative estimate of drug-likeness (QED) is 0.625. The van der Waals surface area contributed by atoms with Crippen LogP contribution in [0.15, 0.2) is 11.1 Å². The molecule has 1 atom stereocenters. The zero-order valence-corrected chi connectivity index (χ0v) is 8.97. The van der Waals surface area contributed by atoms with E-state index in [0.29, 0.717) is 0 Å². The van der Waals surface area contributed by atoms with Crippen LogP contribution in [0.2, 0.25) is 0 Å².